The number of nitrogens with zero attached hydrogens (tertiary/aromatic N) is 1. The van der Waals surface area contributed by atoms with Crippen molar-refractivity contribution < 1.29 is 4.58 Å². The normalized spacial score (nSPS) is 21.4. The molecule has 2 rings (SSSR count). The Bertz CT molecular complexity index is 350. The van der Waals surface area contributed by atoms with Gasteiger partial charge in [-0.2, -0.15) is 0 Å². The highest BCUT2D eigenvalue weighted by Crippen LogP contribution is 2.32. The van der Waals surface area contributed by atoms with Crippen LogP contribution in [0, 0.1) is 0 Å². The molecule has 0 radical (unpaired) electrons. The lowest BCUT2D eigenvalue weighted by atomic mass is 9.99. The SMILES string of the molecule is CC1=[N+](C)c2ccccc2[C@@H]1C. The van der Waals surface area contributed by atoms with Gasteiger partial charge in [0.2, 0.25) is 5.69 Å². The van der Waals surface area contributed by atoms with Gasteiger partial charge in [0, 0.05) is 18.6 Å². The summed E-state index contributed by atoms with van der Waals surface area (Å²) in [6, 6.07) is 8.61. The summed E-state index contributed by atoms with van der Waals surface area (Å²) in [6.07, 6.45) is 0. The van der Waals surface area contributed by atoms with E-state index in [9.17, 15) is 0 Å². The highest BCUT2D eigenvalue weighted by atomic mass is 15.0. The zero-order valence-corrected chi connectivity index (χ0v) is 7.83. The maximum atomic E-state index is 2.28. The van der Waals surface area contributed by atoms with Crippen LogP contribution < -0.4 is 0 Å². The molecule has 1 aromatic rings. The van der Waals surface area contributed by atoms with E-state index in [-0.39, 0.29) is 0 Å². The Labute approximate surface area is 73.4 Å². The van der Waals surface area contributed by atoms with E-state index < -0.39 is 0 Å². The lowest BCUT2D eigenvalue weighted by Gasteiger charge is -1.97. The molecule has 1 nitrogen and oxygen atoms in total. The zero-order valence-electron chi connectivity index (χ0n) is 7.83. The van der Waals surface area contributed by atoms with Gasteiger partial charge >= 0.3 is 0 Å². The minimum Gasteiger partial charge on any atom is -0.202 e. The summed E-state index contributed by atoms with van der Waals surface area (Å²) < 4.78 is 2.28. The first-order chi connectivity index (χ1) is 5.72. The number of para-hydroxylation sites is 1. The van der Waals surface area contributed by atoms with Crippen LogP contribution >= 0.6 is 0 Å². The third-order valence-electron chi connectivity index (χ3n) is 2.92. The molecule has 1 aliphatic rings. The quantitative estimate of drug-likeness (QED) is 0.513. The summed E-state index contributed by atoms with van der Waals surface area (Å²) in [5.41, 5.74) is 4.26. The van der Waals surface area contributed by atoms with Crippen LogP contribution in [0.4, 0.5) is 5.69 Å². The predicted octanol–water partition coefficient (Wildman–Crippen LogP) is 2.54. The second-order valence-electron chi connectivity index (χ2n) is 3.48. The van der Waals surface area contributed by atoms with Gasteiger partial charge in [-0.1, -0.05) is 18.2 Å². The minimum atomic E-state index is 0.589. The van der Waals surface area contributed by atoms with Crippen LogP contribution in [0.25, 0.3) is 0 Å². The van der Waals surface area contributed by atoms with Crippen molar-refractivity contribution in [2.75, 3.05) is 7.05 Å². The molecule has 0 aliphatic carbocycles. The average molecular weight is 160 g/mol. The lowest BCUT2D eigenvalue weighted by molar-refractivity contribution is -0.402. The first-order valence-corrected chi connectivity index (χ1v) is 4.38. The summed E-state index contributed by atoms with van der Waals surface area (Å²) >= 11 is 0. The molecular weight excluding hydrogens is 146 g/mol. The van der Waals surface area contributed by atoms with Gasteiger partial charge in [0.15, 0.2) is 5.71 Å². The van der Waals surface area contributed by atoms with Crippen LogP contribution in [0.2, 0.25) is 0 Å². The molecule has 1 atom stereocenters. The summed E-state index contributed by atoms with van der Waals surface area (Å²) in [7, 11) is 2.14. The van der Waals surface area contributed by atoms with Crippen molar-refractivity contribution in [3.05, 3.63) is 29.8 Å². The summed E-state index contributed by atoms with van der Waals surface area (Å²) in [4.78, 5) is 0. The van der Waals surface area contributed by atoms with Crippen molar-refractivity contribution in [3.8, 4) is 0 Å². The molecular formula is C11H14N+. The van der Waals surface area contributed by atoms with E-state index in [0.717, 1.165) is 0 Å². The van der Waals surface area contributed by atoms with E-state index in [1.807, 2.05) is 0 Å². The van der Waals surface area contributed by atoms with Crippen LogP contribution in [-0.4, -0.2) is 17.3 Å². The van der Waals surface area contributed by atoms with Gasteiger partial charge in [-0.3, -0.25) is 0 Å². The Morgan fingerprint density at radius 1 is 1.25 bits per heavy atom. The van der Waals surface area contributed by atoms with E-state index in [0.29, 0.717) is 5.92 Å². The fourth-order valence-corrected chi connectivity index (χ4v) is 1.86. The number of hydrogen-bond acceptors (Lipinski definition) is 0. The van der Waals surface area contributed by atoms with E-state index in [4.69, 9.17) is 0 Å². The third kappa shape index (κ3) is 0.826. The molecule has 0 spiro atoms. The van der Waals surface area contributed by atoms with Crippen molar-refractivity contribution in [1.29, 1.82) is 0 Å². The Morgan fingerprint density at radius 2 is 1.92 bits per heavy atom. The van der Waals surface area contributed by atoms with Crippen LogP contribution in [0.1, 0.15) is 25.3 Å². The first-order valence-electron chi connectivity index (χ1n) is 4.38. The van der Waals surface area contributed by atoms with E-state index in [2.05, 4.69) is 49.7 Å². The molecule has 0 aromatic heterocycles. The van der Waals surface area contributed by atoms with Gasteiger partial charge in [0.05, 0.1) is 5.92 Å². The predicted molar refractivity (Wildman–Crippen MR) is 51.4 cm³/mol. The largest absolute Gasteiger partial charge is 0.208 e. The van der Waals surface area contributed by atoms with Crippen molar-refractivity contribution in [2.45, 2.75) is 19.8 Å². The number of hydrogen-bond donors (Lipinski definition) is 0. The summed E-state index contributed by atoms with van der Waals surface area (Å²) in [5.74, 6) is 0.589. The van der Waals surface area contributed by atoms with Gasteiger partial charge in [-0.25, -0.2) is 4.58 Å². The molecule has 0 N–H and O–H groups in total. The molecule has 0 amide bonds. The molecule has 62 valence electrons. The number of rotatable bonds is 0. The topological polar surface area (TPSA) is 3.01 Å². The van der Waals surface area contributed by atoms with Gasteiger partial charge in [-0.05, 0) is 6.92 Å². The van der Waals surface area contributed by atoms with Crippen LogP contribution in [0.5, 0.6) is 0 Å². The molecule has 0 saturated heterocycles. The number of fused-ring (bicyclic) bond motifs is 1. The van der Waals surface area contributed by atoms with E-state index in [1.165, 1.54) is 17.0 Å². The fraction of sp³-hybridized carbons (Fsp3) is 0.364. The Morgan fingerprint density at radius 3 is 2.58 bits per heavy atom. The second-order valence-corrected chi connectivity index (χ2v) is 3.48. The van der Waals surface area contributed by atoms with Gasteiger partial charge in [0.1, 0.15) is 7.05 Å². The Kier molecular flexibility index (Phi) is 1.53. The van der Waals surface area contributed by atoms with E-state index in [1.54, 1.807) is 0 Å². The van der Waals surface area contributed by atoms with Gasteiger partial charge in [-0.15, -0.1) is 0 Å². The summed E-state index contributed by atoms with van der Waals surface area (Å²) in [6.45, 7) is 4.46. The monoisotopic (exact) mass is 160 g/mol. The van der Waals surface area contributed by atoms with Crippen LogP contribution in [-0.2, 0) is 0 Å². The fourth-order valence-electron chi connectivity index (χ4n) is 1.86. The molecule has 0 saturated carbocycles. The van der Waals surface area contributed by atoms with Crippen molar-refractivity contribution in [3.63, 3.8) is 0 Å². The number of benzene rings is 1. The molecule has 1 aromatic carbocycles. The molecule has 0 fully saturated rings. The molecule has 1 heteroatoms. The molecule has 0 bridgehead atoms. The third-order valence-corrected chi connectivity index (χ3v) is 2.92. The highest BCUT2D eigenvalue weighted by Gasteiger charge is 2.29. The van der Waals surface area contributed by atoms with Crippen molar-refractivity contribution in [1.82, 2.24) is 0 Å². The molecule has 1 heterocycles. The second kappa shape index (κ2) is 2.44. The molecule has 12 heavy (non-hydrogen) atoms. The average Bonchev–Trinajstić information content (AvgIpc) is 2.33. The van der Waals surface area contributed by atoms with Gasteiger partial charge in [0.25, 0.3) is 0 Å². The molecule has 1 aliphatic heterocycles. The minimum absolute atomic E-state index is 0.589. The van der Waals surface area contributed by atoms with Crippen molar-refractivity contribution >= 4 is 11.4 Å². The Hall–Kier alpha value is -1.11. The highest BCUT2D eigenvalue weighted by molar-refractivity contribution is 5.89. The maximum Gasteiger partial charge on any atom is 0.208 e. The maximum absolute atomic E-state index is 2.28. The van der Waals surface area contributed by atoms with Crippen LogP contribution in [0.15, 0.2) is 24.3 Å². The standard InChI is InChI=1S/C11H14N/c1-8-9(2)12(3)11-7-5-4-6-10(8)11/h4-8H,1-3H3/q+1/t8-/m1/s1. The van der Waals surface area contributed by atoms with E-state index >= 15 is 0 Å². The Balaban J connectivity index is 2.65. The zero-order chi connectivity index (χ0) is 8.72. The summed E-state index contributed by atoms with van der Waals surface area (Å²) in [5, 5.41) is 0. The van der Waals surface area contributed by atoms with Gasteiger partial charge < -0.3 is 0 Å². The molecule has 0 unspecified atom stereocenters. The van der Waals surface area contributed by atoms with Crippen LogP contribution in [0.3, 0.4) is 0 Å². The van der Waals surface area contributed by atoms with Crippen molar-refractivity contribution in [2.24, 2.45) is 0 Å². The smallest absolute Gasteiger partial charge is 0.202 e. The lowest BCUT2D eigenvalue weighted by Crippen LogP contribution is -2.06. The first kappa shape index (κ1) is 7.53.